The molecule has 1 aromatic carbocycles. The maximum Gasteiger partial charge on any atom is 0.343 e. The largest absolute Gasteiger partial charge is 0.343 e. The minimum Gasteiger partial charge on any atom is -0.311 e. The molecule has 1 aromatic rings. The Morgan fingerprint density at radius 1 is 1.15 bits per heavy atom. The summed E-state index contributed by atoms with van der Waals surface area (Å²) in [7, 11) is 0. The first-order chi connectivity index (χ1) is 13.0. The molecule has 2 aliphatic carbocycles. The third kappa shape index (κ3) is 1.57. The van der Waals surface area contributed by atoms with Crippen LogP contribution in [0.4, 0.5) is 0 Å². The second kappa shape index (κ2) is 5.10. The molecule has 0 bridgehead atoms. The van der Waals surface area contributed by atoms with Gasteiger partial charge in [-0.25, -0.2) is 4.99 Å². The van der Waals surface area contributed by atoms with Gasteiger partial charge in [-0.05, 0) is 44.1 Å². The van der Waals surface area contributed by atoms with Gasteiger partial charge in [0, 0.05) is 5.41 Å². The van der Waals surface area contributed by atoms with Gasteiger partial charge < -0.3 is 9.47 Å². The topological polar surface area (TPSA) is 106 Å². The van der Waals surface area contributed by atoms with Gasteiger partial charge in [0.05, 0.1) is 24.8 Å². The Balaban J connectivity index is 1.54. The lowest BCUT2D eigenvalue weighted by Crippen LogP contribution is -2.90. The molecule has 3 N–H and O–H groups in total. The van der Waals surface area contributed by atoms with Crippen molar-refractivity contribution in [2.24, 2.45) is 22.0 Å². The SMILES string of the molecule is C[C@H]1CO[C@@]2([NH+]=C(N)[C@@]3(C#N)C4(CCC(c5ccccc5)CC4)[C@@]23C#N)O1. The number of ether oxygens (including phenoxy) is 2. The summed E-state index contributed by atoms with van der Waals surface area (Å²) in [6.45, 7) is 2.29. The van der Waals surface area contributed by atoms with Gasteiger partial charge in [-0.3, -0.25) is 5.73 Å². The van der Waals surface area contributed by atoms with Crippen LogP contribution in [0.15, 0.2) is 30.3 Å². The van der Waals surface area contributed by atoms with Crippen molar-refractivity contribution in [2.75, 3.05) is 6.61 Å². The Labute approximate surface area is 158 Å². The highest BCUT2D eigenvalue weighted by Crippen LogP contribution is 2.87. The van der Waals surface area contributed by atoms with Crippen molar-refractivity contribution >= 4 is 5.84 Å². The molecule has 2 saturated carbocycles. The van der Waals surface area contributed by atoms with E-state index in [-0.39, 0.29) is 6.10 Å². The van der Waals surface area contributed by atoms with E-state index in [0.29, 0.717) is 18.4 Å². The number of amidine groups is 1. The average molecular weight is 363 g/mol. The number of fused-ring (bicyclic) bond motifs is 4. The van der Waals surface area contributed by atoms with Crippen LogP contribution in [0.5, 0.6) is 0 Å². The van der Waals surface area contributed by atoms with Crippen LogP contribution in [0.25, 0.3) is 0 Å². The van der Waals surface area contributed by atoms with Gasteiger partial charge in [0.2, 0.25) is 0 Å². The van der Waals surface area contributed by atoms with E-state index in [0.717, 1.165) is 25.7 Å². The standard InChI is InChI=1S/C21H22N4O2/c1-14-11-26-21(27-14)20(13-23)18(19(20,12-22)17(24)25-21)9-7-16(8-10-18)15-5-3-2-4-6-15/h2-6,14,16H,7-11H2,1H3,(H2,24,25)/p+1/t14-,16?,18?,19-,20+,21+/m0/s1. The Bertz CT molecular complexity index is 908. The van der Waals surface area contributed by atoms with Crippen LogP contribution in [0.3, 0.4) is 0 Å². The number of nitrogens with one attached hydrogen (secondary N) is 1. The molecule has 0 radical (unpaired) electrons. The van der Waals surface area contributed by atoms with Crippen molar-refractivity contribution in [1.82, 2.24) is 0 Å². The van der Waals surface area contributed by atoms with Gasteiger partial charge in [0.1, 0.15) is 0 Å². The molecule has 2 heterocycles. The normalized spacial score (nSPS) is 47.3. The van der Waals surface area contributed by atoms with Crippen LogP contribution in [-0.2, 0) is 9.47 Å². The van der Waals surface area contributed by atoms with Gasteiger partial charge in [-0.2, -0.15) is 10.5 Å². The van der Waals surface area contributed by atoms with Crippen molar-refractivity contribution in [3.63, 3.8) is 0 Å². The minimum absolute atomic E-state index is 0.150. The van der Waals surface area contributed by atoms with E-state index in [2.05, 4.69) is 41.4 Å². The van der Waals surface area contributed by atoms with Crippen LogP contribution < -0.4 is 10.7 Å². The maximum atomic E-state index is 10.3. The van der Waals surface area contributed by atoms with Gasteiger partial charge in [0.15, 0.2) is 10.8 Å². The van der Waals surface area contributed by atoms with E-state index in [1.54, 1.807) is 0 Å². The number of hydrogen-bond donors (Lipinski definition) is 2. The zero-order chi connectivity index (χ0) is 18.9. The first-order valence-electron chi connectivity index (χ1n) is 9.63. The fourth-order valence-electron chi connectivity index (χ4n) is 6.36. The zero-order valence-electron chi connectivity index (χ0n) is 15.4. The fraction of sp³-hybridized carbons (Fsp3) is 0.571. The molecule has 0 unspecified atom stereocenters. The highest BCUT2D eigenvalue weighted by atomic mass is 16.8. The molecular weight excluding hydrogens is 340 g/mol. The monoisotopic (exact) mass is 363 g/mol. The van der Waals surface area contributed by atoms with Crippen LogP contribution in [0.2, 0.25) is 0 Å². The molecule has 4 aliphatic rings. The van der Waals surface area contributed by atoms with Crippen molar-refractivity contribution in [2.45, 2.75) is 50.5 Å². The number of hydrogen-bond acceptors (Lipinski definition) is 5. The van der Waals surface area contributed by atoms with Crippen LogP contribution in [-0.4, -0.2) is 24.5 Å². The predicted octanol–water partition coefficient (Wildman–Crippen LogP) is 0.905. The molecule has 4 atom stereocenters. The molecule has 6 nitrogen and oxygen atoms in total. The van der Waals surface area contributed by atoms with Crippen molar-refractivity contribution in [3.8, 4) is 12.1 Å². The summed E-state index contributed by atoms with van der Waals surface area (Å²) in [5.41, 5.74) is 5.00. The van der Waals surface area contributed by atoms with E-state index < -0.39 is 22.2 Å². The van der Waals surface area contributed by atoms with Crippen LogP contribution in [0, 0.1) is 38.9 Å². The summed E-state index contributed by atoms with van der Waals surface area (Å²) >= 11 is 0. The molecule has 2 aliphatic heterocycles. The first kappa shape index (κ1) is 16.7. The molecule has 0 aromatic heterocycles. The fourth-order valence-corrected chi connectivity index (χ4v) is 6.36. The summed E-state index contributed by atoms with van der Waals surface area (Å²) in [6.07, 6.45) is 3.23. The third-order valence-corrected chi connectivity index (χ3v) is 7.47. The molecule has 5 rings (SSSR count). The number of nitrogens with zero attached hydrogens (tertiary/aromatic N) is 2. The van der Waals surface area contributed by atoms with Crippen molar-refractivity contribution in [3.05, 3.63) is 35.9 Å². The van der Waals surface area contributed by atoms with Gasteiger partial charge in [-0.1, -0.05) is 30.3 Å². The Morgan fingerprint density at radius 3 is 2.41 bits per heavy atom. The summed E-state index contributed by atoms with van der Waals surface area (Å²) in [6, 6.07) is 15.4. The molecular formula is C21H23N4O2+. The summed E-state index contributed by atoms with van der Waals surface area (Å²) in [4.78, 5) is 3.06. The highest BCUT2D eigenvalue weighted by molar-refractivity contribution is 5.95. The summed E-state index contributed by atoms with van der Waals surface area (Å²) in [5.74, 6) is -0.529. The number of nitrogens with two attached hydrogens (primary N) is 1. The number of nitriles is 2. The number of rotatable bonds is 1. The molecule has 2 spiro atoms. The summed E-state index contributed by atoms with van der Waals surface area (Å²) in [5, 5.41) is 20.5. The molecule has 0 amide bonds. The molecule has 6 heteroatoms. The third-order valence-electron chi connectivity index (χ3n) is 7.47. The Morgan fingerprint density at radius 2 is 1.85 bits per heavy atom. The van der Waals surface area contributed by atoms with Gasteiger partial charge >= 0.3 is 5.91 Å². The lowest BCUT2D eigenvalue weighted by molar-refractivity contribution is -0.680. The predicted molar refractivity (Wildman–Crippen MR) is 95.6 cm³/mol. The minimum atomic E-state index is -1.30. The first-order valence-corrected chi connectivity index (χ1v) is 9.63. The second-order valence-electron chi connectivity index (χ2n) is 8.39. The smallest absolute Gasteiger partial charge is 0.311 e. The maximum absolute atomic E-state index is 10.3. The van der Waals surface area contributed by atoms with Crippen molar-refractivity contribution in [1.29, 1.82) is 10.5 Å². The summed E-state index contributed by atoms with van der Waals surface area (Å²) < 4.78 is 12.1. The quantitative estimate of drug-likeness (QED) is 0.771. The van der Waals surface area contributed by atoms with E-state index >= 15 is 0 Å². The van der Waals surface area contributed by atoms with Gasteiger partial charge in [-0.15, -0.1) is 0 Å². The van der Waals surface area contributed by atoms with E-state index in [1.165, 1.54) is 5.56 Å². The highest BCUT2D eigenvalue weighted by Gasteiger charge is 3.03. The molecule has 138 valence electrons. The lowest BCUT2D eigenvalue weighted by atomic mass is 9.71. The van der Waals surface area contributed by atoms with Gasteiger partial charge in [0.25, 0.3) is 5.84 Å². The Hall–Kier alpha value is -2.41. The second-order valence-corrected chi connectivity index (χ2v) is 8.39. The molecule has 3 fully saturated rings. The van der Waals surface area contributed by atoms with Crippen LogP contribution in [0.1, 0.15) is 44.1 Å². The number of benzene rings is 1. The molecule has 1 saturated heterocycles. The lowest BCUT2D eigenvalue weighted by Gasteiger charge is -2.35. The van der Waals surface area contributed by atoms with E-state index in [1.807, 2.05) is 13.0 Å². The average Bonchev–Trinajstić information content (AvgIpc) is 2.87. The Kier molecular flexibility index (Phi) is 3.16. The van der Waals surface area contributed by atoms with E-state index in [9.17, 15) is 10.5 Å². The van der Waals surface area contributed by atoms with Crippen molar-refractivity contribution < 1.29 is 14.5 Å². The van der Waals surface area contributed by atoms with Crippen LogP contribution >= 0.6 is 0 Å². The molecule has 27 heavy (non-hydrogen) atoms. The zero-order valence-corrected chi connectivity index (χ0v) is 15.4. The van der Waals surface area contributed by atoms with E-state index in [4.69, 9.17) is 15.2 Å².